The number of anilines is 1. The minimum Gasteiger partial charge on any atom is -0.383 e. The summed E-state index contributed by atoms with van der Waals surface area (Å²) in [6.07, 6.45) is -12.7. The second kappa shape index (κ2) is 7.29. The van der Waals surface area contributed by atoms with Gasteiger partial charge < -0.3 is 10.6 Å². The lowest BCUT2D eigenvalue weighted by atomic mass is 9.83. The number of fused-ring (bicyclic) bond motifs is 3. The van der Waals surface area contributed by atoms with Crippen LogP contribution in [-0.4, -0.2) is 39.9 Å². The van der Waals surface area contributed by atoms with Crippen molar-refractivity contribution in [3.63, 3.8) is 0 Å². The number of alkyl halides is 7. The monoisotopic (exact) mass is 500 g/mol. The first-order chi connectivity index (χ1) is 15.2. The molecule has 0 radical (unpaired) electrons. The summed E-state index contributed by atoms with van der Waals surface area (Å²) in [4.78, 5) is -0.264. The molecular weight excluding hydrogens is 484 g/mol. The predicted molar refractivity (Wildman–Crippen MR) is 101 cm³/mol. The molecule has 2 atom stereocenters. The van der Waals surface area contributed by atoms with Gasteiger partial charge in [0.1, 0.15) is 10.6 Å². The zero-order valence-electron chi connectivity index (χ0n) is 16.5. The second-order valence-electron chi connectivity index (χ2n) is 7.90. The van der Waals surface area contributed by atoms with Crippen molar-refractivity contribution in [1.82, 2.24) is 5.32 Å². The fourth-order valence-electron chi connectivity index (χ4n) is 4.59. The maximum absolute atomic E-state index is 14.6. The Balaban J connectivity index is 1.92. The molecule has 4 rings (SSSR count). The number of rotatable bonds is 3. The first-order valence-electron chi connectivity index (χ1n) is 9.61. The Morgan fingerprint density at radius 2 is 1.52 bits per heavy atom. The van der Waals surface area contributed by atoms with Crippen LogP contribution in [0.15, 0.2) is 47.4 Å². The van der Waals surface area contributed by atoms with Gasteiger partial charge in [0.2, 0.25) is 0 Å². The Kier molecular flexibility index (Phi) is 5.25. The Hall–Kier alpha value is -2.41. The molecule has 2 heterocycles. The third-order valence-corrected chi connectivity index (χ3v) is 8.77. The molecule has 13 heteroatoms. The minimum atomic E-state index is -6.30. The zero-order chi connectivity index (χ0) is 24.4. The highest BCUT2D eigenvalue weighted by Gasteiger charge is 2.73. The maximum Gasteiger partial charge on any atom is 0.435 e. The van der Waals surface area contributed by atoms with Gasteiger partial charge in [-0.25, -0.2) is 17.2 Å². The molecule has 2 N–H and O–H groups in total. The van der Waals surface area contributed by atoms with E-state index in [4.69, 9.17) is 0 Å². The van der Waals surface area contributed by atoms with Crippen LogP contribution < -0.4 is 10.6 Å². The Morgan fingerprint density at radius 3 is 2.09 bits per heavy atom. The van der Waals surface area contributed by atoms with Crippen molar-refractivity contribution in [2.75, 3.05) is 18.4 Å². The van der Waals surface area contributed by atoms with E-state index in [9.17, 15) is 43.5 Å². The van der Waals surface area contributed by atoms with Crippen LogP contribution in [0.25, 0.3) is 0 Å². The topological polar surface area (TPSA) is 58.2 Å². The first kappa shape index (κ1) is 23.7. The van der Waals surface area contributed by atoms with E-state index in [1.807, 2.05) is 0 Å². The predicted octanol–water partition coefficient (Wildman–Crippen LogP) is 4.57. The van der Waals surface area contributed by atoms with E-state index in [0.717, 1.165) is 30.3 Å². The molecule has 2 aliphatic heterocycles. The number of nitrogens with one attached hydrogen (secondary N) is 2. The van der Waals surface area contributed by atoms with Gasteiger partial charge in [-0.3, -0.25) is 0 Å². The van der Waals surface area contributed by atoms with Crippen LogP contribution >= 0.6 is 0 Å². The lowest BCUT2D eigenvalue weighted by Crippen LogP contribution is -2.53. The van der Waals surface area contributed by atoms with E-state index in [2.05, 4.69) is 10.6 Å². The molecular formula is C20H16F8N2O2S. The summed E-state index contributed by atoms with van der Waals surface area (Å²) in [5.41, 5.74) is -7.81. The summed E-state index contributed by atoms with van der Waals surface area (Å²) in [6.45, 7) is 0.0281. The van der Waals surface area contributed by atoms with Crippen molar-refractivity contribution in [1.29, 1.82) is 0 Å². The van der Waals surface area contributed by atoms with Gasteiger partial charge in [0, 0.05) is 23.8 Å². The molecule has 0 amide bonds. The second-order valence-corrected chi connectivity index (χ2v) is 10.1. The standard InChI is InChI=1S/C20H16F8N2O2S/c21-12-2-4-13(5-3-12)33(31,32)17-7-8-29-16(17)10-30-15-9-11(1-6-14(15)17)18(22,19(23,24)25)20(26,27)28/h1-6,9,16,29-30H,7-8,10H2. The molecule has 1 saturated heterocycles. The van der Waals surface area contributed by atoms with Crippen LogP contribution in [0.2, 0.25) is 0 Å². The molecule has 1 fully saturated rings. The fraction of sp³-hybridized carbons (Fsp3) is 0.400. The van der Waals surface area contributed by atoms with E-state index in [1.54, 1.807) is 0 Å². The van der Waals surface area contributed by atoms with Gasteiger partial charge in [0.15, 0.2) is 9.84 Å². The SMILES string of the molecule is O=S(=O)(c1ccc(F)cc1)C12CCNC1CNc1cc(C(F)(C(F)(F)F)C(F)(F)F)ccc12. The zero-order valence-corrected chi connectivity index (χ0v) is 17.3. The number of halogens is 8. The number of sulfone groups is 1. The summed E-state index contributed by atoms with van der Waals surface area (Å²) in [6, 6.07) is 4.58. The highest BCUT2D eigenvalue weighted by atomic mass is 32.2. The van der Waals surface area contributed by atoms with Gasteiger partial charge >= 0.3 is 18.0 Å². The average Bonchev–Trinajstić information content (AvgIpc) is 3.17. The number of hydrogen-bond donors (Lipinski definition) is 2. The molecule has 180 valence electrons. The summed E-state index contributed by atoms with van der Waals surface area (Å²) < 4.78 is 133. The van der Waals surface area contributed by atoms with Crippen molar-refractivity contribution in [3.8, 4) is 0 Å². The van der Waals surface area contributed by atoms with Crippen molar-refractivity contribution in [3.05, 3.63) is 59.4 Å². The fourth-order valence-corrected chi connectivity index (χ4v) is 6.89. The smallest absolute Gasteiger partial charge is 0.383 e. The largest absolute Gasteiger partial charge is 0.435 e. The van der Waals surface area contributed by atoms with Crippen molar-refractivity contribution < 1.29 is 43.5 Å². The molecule has 0 spiro atoms. The molecule has 0 aliphatic carbocycles. The molecule has 4 nitrogen and oxygen atoms in total. The maximum atomic E-state index is 14.6. The van der Waals surface area contributed by atoms with Gasteiger partial charge in [0.25, 0.3) is 0 Å². The molecule has 0 aromatic heterocycles. The summed E-state index contributed by atoms with van der Waals surface area (Å²) in [5.74, 6) is -0.693. The van der Waals surface area contributed by atoms with Crippen molar-refractivity contribution >= 4 is 15.5 Å². The molecule has 0 bridgehead atoms. The minimum absolute atomic E-state index is 0.0509. The molecule has 2 aliphatic rings. The van der Waals surface area contributed by atoms with E-state index in [0.29, 0.717) is 12.1 Å². The van der Waals surface area contributed by atoms with E-state index < -0.39 is 50.0 Å². The van der Waals surface area contributed by atoms with Crippen LogP contribution in [0.4, 0.5) is 40.8 Å². The average molecular weight is 500 g/mol. The lowest BCUT2D eigenvalue weighted by Gasteiger charge is -2.41. The van der Waals surface area contributed by atoms with E-state index in [-0.39, 0.29) is 35.7 Å². The van der Waals surface area contributed by atoms with Crippen LogP contribution in [0.3, 0.4) is 0 Å². The Bertz CT molecular complexity index is 1160. The number of benzene rings is 2. The van der Waals surface area contributed by atoms with Crippen molar-refractivity contribution in [2.45, 2.75) is 40.1 Å². The quantitative estimate of drug-likeness (QED) is 0.479. The summed E-state index contributed by atoms with van der Waals surface area (Å²) >= 11 is 0. The Morgan fingerprint density at radius 1 is 0.909 bits per heavy atom. The highest BCUT2D eigenvalue weighted by Crippen LogP contribution is 2.55. The first-order valence-corrected chi connectivity index (χ1v) is 11.1. The molecule has 33 heavy (non-hydrogen) atoms. The lowest BCUT2D eigenvalue weighted by molar-refractivity contribution is -0.348. The van der Waals surface area contributed by atoms with Crippen LogP contribution in [-0.2, 0) is 20.3 Å². The third kappa shape index (κ3) is 3.22. The van der Waals surface area contributed by atoms with Gasteiger partial charge in [-0.15, -0.1) is 0 Å². The molecule has 0 saturated carbocycles. The molecule has 2 aromatic rings. The van der Waals surface area contributed by atoms with Crippen LogP contribution in [0.1, 0.15) is 17.5 Å². The highest BCUT2D eigenvalue weighted by molar-refractivity contribution is 7.92. The van der Waals surface area contributed by atoms with Crippen molar-refractivity contribution in [2.24, 2.45) is 0 Å². The van der Waals surface area contributed by atoms with Gasteiger partial charge in [0.05, 0.1) is 4.90 Å². The Labute approximate surface area is 182 Å². The van der Waals surface area contributed by atoms with Crippen LogP contribution in [0, 0.1) is 5.82 Å². The normalized spacial score (nSPS) is 23.6. The summed E-state index contributed by atoms with van der Waals surface area (Å²) in [7, 11) is -4.30. The van der Waals surface area contributed by atoms with E-state index >= 15 is 0 Å². The van der Waals surface area contributed by atoms with Gasteiger partial charge in [-0.2, -0.15) is 26.3 Å². The van der Waals surface area contributed by atoms with Gasteiger partial charge in [-0.05, 0) is 48.9 Å². The number of hydrogen-bond acceptors (Lipinski definition) is 4. The third-order valence-electron chi connectivity index (χ3n) is 6.20. The summed E-state index contributed by atoms with van der Waals surface area (Å²) in [5, 5.41) is 5.59. The molecule has 2 unspecified atom stereocenters. The molecule has 2 aromatic carbocycles. The van der Waals surface area contributed by atoms with Crippen LogP contribution in [0.5, 0.6) is 0 Å². The van der Waals surface area contributed by atoms with Gasteiger partial charge in [-0.1, -0.05) is 12.1 Å². The van der Waals surface area contributed by atoms with E-state index in [1.165, 1.54) is 0 Å².